The van der Waals surface area contributed by atoms with E-state index in [4.69, 9.17) is 0 Å². The number of hydrogen-bond donors (Lipinski definition) is 3. The molecule has 1 unspecified atom stereocenters. The van der Waals surface area contributed by atoms with Gasteiger partial charge in [-0.1, -0.05) is 18.2 Å². The van der Waals surface area contributed by atoms with Crippen molar-refractivity contribution >= 4 is 39.2 Å². The zero-order valence-electron chi connectivity index (χ0n) is 13.9. The zero-order valence-corrected chi connectivity index (χ0v) is 16.3. The van der Waals surface area contributed by atoms with Gasteiger partial charge in [-0.2, -0.15) is 0 Å². The quantitative estimate of drug-likeness (QED) is 0.652. The number of rotatable bonds is 3. The van der Waals surface area contributed by atoms with Gasteiger partial charge < -0.3 is 5.32 Å². The number of carbonyl (C=O) groups excluding carboxylic acids is 2. The monoisotopic (exact) mass is 421 g/mol. The van der Waals surface area contributed by atoms with Crippen LogP contribution in [0.3, 0.4) is 0 Å². The van der Waals surface area contributed by atoms with Gasteiger partial charge in [0.2, 0.25) is 0 Å². The molecule has 3 amide bonds. The van der Waals surface area contributed by atoms with Crippen LogP contribution in [0, 0.1) is 0 Å². The molecule has 1 aliphatic rings. The molecule has 0 saturated carbocycles. The SMILES string of the molecule is CC(NC(=O)NNC(=O)c1ccc(Br)s1)c1ccc2c(c1)CCCC2. The topological polar surface area (TPSA) is 70.2 Å². The lowest BCUT2D eigenvalue weighted by Gasteiger charge is -2.20. The van der Waals surface area contributed by atoms with Crippen LogP contribution >= 0.6 is 27.3 Å². The molecule has 0 fully saturated rings. The van der Waals surface area contributed by atoms with E-state index in [1.165, 1.54) is 35.3 Å². The van der Waals surface area contributed by atoms with Crippen molar-refractivity contribution in [1.82, 2.24) is 16.2 Å². The number of hydrazine groups is 1. The average molecular weight is 422 g/mol. The molecule has 1 atom stereocenters. The van der Waals surface area contributed by atoms with E-state index >= 15 is 0 Å². The Morgan fingerprint density at radius 2 is 1.84 bits per heavy atom. The Balaban J connectivity index is 1.53. The van der Waals surface area contributed by atoms with E-state index in [9.17, 15) is 9.59 Å². The largest absolute Gasteiger partial charge is 0.333 e. The Morgan fingerprint density at radius 3 is 2.56 bits per heavy atom. The van der Waals surface area contributed by atoms with Crippen LogP contribution in [0.1, 0.15) is 52.2 Å². The van der Waals surface area contributed by atoms with Crippen molar-refractivity contribution in [2.45, 2.75) is 38.6 Å². The van der Waals surface area contributed by atoms with Crippen molar-refractivity contribution in [3.63, 3.8) is 0 Å². The fraction of sp³-hybridized carbons (Fsp3) is 0.333. The van der Waals surface area contributed by atoms with Gasteiger partial charge in [-0.25, -0.2) is 10.2 Å². The van der Waals surface area contributed by atoms with Gasteiger partial charge >= 0.3 is 6.03 Å². The van der Waals surface area contributed by atoms with Crippen molar-refractivity contribution in [1.29, 1.82) is 0 Å². The predicted octanol–water partition coefficient (Wildman–Crippen LogP) is 4.09. The molecule has 0 spiro atoms. The number of nitrogens with one attached hydrogen (secondary N) is 3. The lowest BCUT2D eigenvalue weighted by molar-refractivity contribution is 0.0940. The van der Waals surface area contributed by atoms with Gasteiger partial charge in [0.05, 0.1) is 14.7 Å². The van der Waals surface area contributed by atoms with Gasteiger partial charge in [-0.3, -0.25) is 10.2 Å². The number of aryl methyl sites for hydroxylation is 2. The zero-order chi connectivity index (χ0) is 17.8. The second kappa shape index (κ2) is 8.01. The fourth-order valence-corrected chi connectivity index (χ4v) is 4.23. The Kier molecular flexibility index (Phi) is 5.75. The van der Waals surface area contributed by atoms with Crippen molar-refractivity contribution in [2.24, 2.45) is 0 Å². The van der Waals surface area contributed by atoms with Crippen molar-refractivity contribution < 1.29 is 9.59 Å². The van der Waals surface area contributed by atoms with E-state index < -0.39 is 6.03 Å². The summed E-state index contributed by atoms with van der Waals surface area (Å²) in [6.45, 7) is 1.93. The summed E-state index contributed by atoms with van der Waals surface area (Å²) in [4.78, 5) is 24.5. The lowest BCUT2D eigenvalue weighted by atomic mass is 9.89. The van der Waals surface area contributed by atoms with Crippen LogP contribution < -0.4 is 16.2 Å². The first kappa shape index (κ1) is 17.9. The van der Waals surface area contributed by atoms with E-state index in [1.807, 2.05) is 6.92 Å². The number of hydrogen-bond acceptors (Lipinski definition) is 3. The molecule has 1 aliphatic carbocycles. The number of thiophene rings is 1. The summed E-state index contributed by atoms with van der Waals surface area (Å²) in [5.41, 5.74) is 8.68. The molecule has 1 heterocycles. The van der Waals surface area contributed by atoms with Crippen molar-refractivity contribution in [3.8, 4) is 0 Å². The first-order valence-electron chi connectivity index (χ1n) is 8.27. The second-order valence-electron chi connectivity index (χ2n) is 6.11. The van der Waals surface area contributed by atoms with E-state index in [-0.39, 0.29) is 11.9 Å². The van der Waals surface area contributed by atoms with Gasteiger partial charge in [0.15, 0.2) is 0 Å². The molecule has 0 saturated heterocycles. The predicted molar refractivity (Wildman–Crippen MR) is 103 cm³/mol. The summed E-state index contributed by atoms with van der Waals surface area (Å²) >= 11 is 4.61. The minimum atomic E-state index is -0.436. The third-order valence-corrected chi connectivity index (χ3v) is 5.93. The summed E-state index contributed by atoms with van der Waals surface area (Å²) in [6, 6.07) is 9.32. The molecule has 7 heteroatoms. The van der Waals surface area contributed by atoms with Gasteiger partial charge in [0, 0.05) is 0 Å². The summed E-state index contributed by atoms with van der Waals surface area (Å²) in [6.07, 6.45) is 4.73. The summed E-state index contributed by atoms with van der Waals surface area (Å²) in [7, 11) is 0. The number of carbonyl (C=O) groups is 2. The number of fused-ring (bicyclic) bond motifs is 1. The molecule has 3 N–H and O–H groups in total. The first-order chi connectivity index (χ1) is 12.0. The highest BCUT2D eigenvalue weighted by Gasteiger charge is 2.15. The molecule has 2 aromatic rings. The molecule has 1 aromatic carbocycles. The smallest absolute Gasteiger partial charge is 0.330 e. The molecule has 3 rings (SSSR count). The standard InChI is InChI=1S/C18H20BrN3O2S/c1-11(13-7-6-12-4-2-3-5-14(12)10-13)20-18(24)22-21-17(23)15-8-9-16(19)25-15/h6-11H,2-5H2,1H3,(H,21,23)(H2,20,22,24). The van der Waals surface area contributed by atoms with Crippen LogP contribution in [0.15, 0.2) is 34.1 Å². The highest BCUT2D eigenvalue weighted by atomic mass is 79.9. The molecule has 132 valence electrons. The second-order valence-corrected chi connectivity index (χ2v) is 8.58. The highest BCUT2D eigenvalue weighted by molar-refractivity contribution is 9.11. The summed E-state index contributed by atoms with van der Waals surface area (Å²) in [5, 5.41) is 2.84. The molecule has 0 radical (unpaired) electrons. The lowest BCUT2D eigenvalue weighted by Crippen LogP contribution is -2.47. The molecular formula is C18H20BrN3O2S. The Labute approximate surface area is 159 Å². The van der Waals surface area contributed by atoms with Crippen LogP contribution in [0.25, 0.3) is 0 Å². The van der Waals surface area contributed by atoms with Gasteiger partial charge in [0.1, 0.15) is 0 Å². The maximum atomic E-state index is 12.0. The van der Waals surface area contributed by atoms with Gasteiger partial charge in [0.25, 0.3) is 5.91 Å². The molecule has 0 aliphatic heterocycles. The van der Waals surface area contributed by atoms with Crippen LogP contribution in [-0.2, 0) is 12.8 Å². The molecule has 25 heavy (non-hydrogen) atoms. The molecule has 5 nitrogen and oxygen atoms in total. The maximum absolute atomic E-state index is 12.0. The number of halogens is 1. The molecule has 0 bridgehead atoms. The van der Waals surface area contributed by atoms with Crippen molar-refractivity contribution in [3.05, 3.63) is 55.7 Å². The van der Waals surface area contributed by atoms with Crippen molar-refractivity contribution in [2.75, 3.05) is 0 Å². The maximum Gasteiger partial charge on any atom is 0.333 e. The normalized spacial score (nSPS) is 14.3. The Bertz CT molecular complexity index is 790. The van der Waals surface area contributed by atoms with E-state index in [0.29, 0.717) is 4.88 Å². The highest BCUT2D eigenvalue weighted by Crippen LogP contribution is 2.25. The third kappa shape index (κ3) is 4.61. The van der Waals surface area contributed by atoms with Crippen LogP contribution in [-0.4, -0.2) is 11.9 Å². The Hall–Kier alpha value is -1.86. The van der Waals surface area contributed by atoms with E-state index in [2.05, 4.69) is 50.3 Å². The minimum absolute atomic E-state index is 0.139. The Morgan fingerprint density at radius 1 is 1.08 bits per heavy atom. The van der Waals surface area contributed by atoms with Gasteiger partial charge in [-0.05, 0) is 77.4 Å². The van der Waals surface area contributed by atoms with E-state index in [0.717, 1.165) is 22.2 Å². The number of amides is 3. The molecular weight excluding hydrogens is 402 g/mol. The average Bonchev–Trinajstić information content (AvgIpc) is 3.05. The van der Waals surface area contributed by atoms with Crippen LogP contribution in [0.4, 0.5) is 4.79 Å². The summed E-state index contributed by atoms with van der Waals surface area (Å²) < 4.78 is 0.864. The van der Waals surface area contributed by atoms with Gasteiger partial charge in [-0.15, -0.1) is 11.3 Å². The minimum Gasteiger partial charge on any atom is -0.330 e. The molecule has 1 aromatic heterocycles. The van der Waals surface area contributed by atoms with E-state index in [1.54, 1.807) is 12.1 Å². The number of urea groups is 1. The number of benzene rings is 1. The van der Waals surface area contributed by atoms with Crippen LogP contribution in [0.2, 0.25) is 0 Å². The van der Waals surface area contributed by atoms with Crippen LogP contribution in [0.5, 0.6) is 0 Å². The summed E-state index contributed by atoms with van der Waals surface area (Å²) in [5.74, 6) is -0.340. The third-order valence-electron chi connectivity index (χ3n) is 4.31. The first-order valence-corrected chi connectivity index (χ1v) is 9.88. The fourth-order valence-electron chi connectivity index (χ4n) is 2.95.